The average molecular weight is 188 g/mol. The Labute approximate surface area is 76.2 Å². The molecule has 3 heteroatoms. The van der Waals surface area contributed by atoms with Crippen LogP contribution in [0.1, 0.15) is 33.6 Å². The van der Waals surface area contributed by atoms with E-state index in [0.29, 0.717) is 6.42 Å². The second kappa shape index (κ2) is 3.69. The van der Waals surface area contributed by atoms with Crippen LogP contribution >= 0.6 is 0 Å². The van der Waals surface area contributed by atoms with Crippen molar-refractivity contribution >= 4 is 16.6 Å². The lowest BCUT2D eigenvalue weighted by Gasteiger charge is -2.15. The van der Waals surface area contributed by atoms with E-state index in [-0.39, 0.29) is 22.2 Å². The first-order chi connectivity index (χ1) is 5.54. The van der Waals surface area contributed by atoms with Crippen molar-refractivity contribution in [3.05, 3.63) is 0 Å². The third kappa shape index (κ3) is 1.76. The quantitative estimate of drug-likeness (QED) is 0.658. The van der Waals surface area contributed by atoms with Gasteiger partial charge in [-0.1, -0.05) is 20.8 Å². The Bertz CT molecular complexity index is 211. The van der Waals surface area contributed by atoms with Gasteiger partial charge in [-0.25, -0.2) is 0 Å². The monoisotopic (exact) mass is 188 g/mol. The molecule has 0 radical (unpaired) electrons. The van der Waals surface area contributed by atoms with Crippen LogP contribution in [0, 0.1) is 5.92 Å². The van der Waals surface area contributed by atoms with E-state index >= 15 is 0 Å². The van der Waals surface area contributed by atoms with Crippen LogP contribution in [0.15, 0.2) is 0 Å². The molecule has 70 valence electrons. The van der Waals surface area contributed by atoms with Gasteiger partial charge in [-0.15, -0.1) is 0 Å². The molecule has 0 amide bonds. The van der Waals surface area contributed by atoms with Crippen LogP contribution < -0.4 is 0 Å². The SMILES string of the molecule is CC1C(=O)CCC1S(=O)C(C)C. The molecular formula is C9H16O2S. The summed E-state index contributed by atoms with van der Waals surface area (Å²) in [7, 11) is -0.819. The summed E-state index contributed by atoms with van der Waals surface area (Å²) in [5.74, 6) is 0.308. The highest BCUT2D eigenvalue weighted by Crippen LogP contribution is 2.27. The number of carbonyl (C=O) groups is 1. The zero-order chi connectivity index (χ0) is 9.30. The van der Waals surface area contributed by atoms with Crippen LogP contribution in [0.3, 0.4) is 0 Å². The fraction of sp³-hybridized carbons (Fsp3) is 0.889. The Kier molecular flexibility index (Phi) is 3.04. The van der Waals surface area contributed by atoms with E-state index in [1.807, 2.05) is 20.8 Å². The molecule has 0 aliphatic heterocycles. The minimum absolute atomic E-state index is 0.0215. The van der Waals surface area contributed by atoms with E-state index < -0.39 is 10.8 Å². The largest absolute Gasteiger partial charge is 0.299 e. The minimum atomic E-state index is -0.819. The third-order valence-electron chi connectivity index (χ3n) is 2.50. The summed E-state index contributed by atoms with van der Waals surface area (Å²) in [5.41, 5.74) is 0. The van der Waals surface area contributed by atoms with E-state index in [4.69, 9.17) is 0 Å². The lowest BCUT2D eigenvalue weighted by atomic mass is 10.1. The van der Waals surface area contributed by atoms with Gasteiger partial charge in [-0.05, 0) is 6.42 Å². The molecule has 0 aromatic heterocycles. The van der Waals surface area contributed by atoms with Gasteiger partial charge < -0.3 is 0 Å². The molecule has 0 aromatic carbocycles. The number of Topliss-reactive ketones (excluding diaryl/α,β-unsaturated/α-hetero) is 1. The van der Waals surface area contributed by atoms with Crippen molar-refractivity contribution in [2.75, 3.05) is 0 Å². The maximum atomic E-state index is 11.7. The molecule has 0 aromatic rings. The lowest BCUT2D eigenvalue weighted by Crippen LogP contribution is -2.26. The van der Waals surface area contributed by atoms with Gasteiger partial charge in [0.25, 0.3) is 0 Å². The molecule has 0 saturated heterocycles. The molecule has 3 unspecified atom stereocenters. The van der Waals surface area contributed by atoms with E-state index in [9.17, 15) is 9.00 Å². The van der Waals surface area contributed by atoms with Crippen molar-refractivity contribution in [1.82, 2.24) is 0 Å². The maximum Gasteiger partial charge on any atom is 0.136 e. The Morgan fingerprint density at radius 1 is 1.50 bits per heavy atom. The Balaban J connectivity index is 2.65. The first kappa shape index (κ1) is 9.90. The summed E-state index contributed by atoms with van der Waals surface area (Å²) in [6.45, 7) is 5.80. The first-order valence-electron chi connectivity index (χ1n) is 4.46. The second-order valence-electron chi connectivity index (χ2n) is 3.71. The zero-order valence-electron chi connectivity index (χ0n) is 7.87. The number of rotatable bonds is 2. The van der Waals surface area contributed by atoms with Crippen LogP contribution in [-0.4, -0.2) is 20.5 Å². The molecule has 1 rings (SSSR count). The second-order valence-corrected chi connectivity index (χ2v) is 5.91. The molecule has 0 bridgehead atoms. The highest BCUT2D eigenvalue weighted by atomic mass is 32.2. The Morgan fingerprint density at radius 2 is 2.08 bits per heavy atom. The highest BCUT2D eigenvalue weighted by Gasteiger charge is 2.35. The minimum Gasteiger partial charge on any atom is -0.299 e. The molecule has 1 aliphatic rings. The molecule has 0 N–H and O–H groups in total. The van der Waals surface area contributed by atoms with Crippen molar-refractivity contribution in [3.63, 3.8) is 0 Å². The van der Waals surface area contributed by atoms with Crippen molar-refractivity contribution in [2.24, 2.45) is 5.92 Å². The van der Waals surface area contributed by atoms with E-state index in [2.05, 4.69) is 0 Å². The number of carbonyl (C=O) groups excluding carboxylic acids is 1. The molecular weight excluding hydrogens is 172 g/mol. The van der Waals surface area contributed by atoms with Gasteiger partial charge >= 0.3 is 0 Å². The van der Waals surface area contributed by atoms with Gasteiger partial charge in [0.1, 0.15) is 5.78 Å². The summed E-state index contributed by atoms with van der Waals surface area (Å²) in [6, 6.07) is 0. The van der Waals surface area contributed by atoms with Crippen LogP contribution in [0.2, 0.25) is 0 Å². The maximum absolute atomic E-state index is 11.7. The van der Waals surface area contributed by atoms with Gasteiger partial charge in [0.2, 0.25) is 0 Å². The molecule has 2 nitrogen and oxygen atoms in total. The van der Waals surface area contributed by atoms with Crippen LogP contribution in [0.5, 0.6) is 0 Å². The van der Waals surface area contributed by atoms with Crippen LogP contribution in [-0.2, 0) is 15.6 Å². The van der Waals surface area contributed by atoms with Gasteiger partial charge in [-0.2, -0.15) is 0 Å². The van der Waals surface area contributed by atoms with Gasteiger partial charge in [0.15, 0.2) is 0 Å². The summed E-state index contributed by atoms with van der Waals surface area (Å²) < 4.78 is 11.7. The smallest absolute Gasteiger partial charge is 0.136 e. The van der Waals surface area contributed by atoms with Crippen molar-refractivity contribution in [1.29, 1.82) is 0 Å². The van der Waals surface area contributed by atoms with Crippen molar-refractivity contribution in [3.8, 4) is 0 Å². The van der Waals surface area contributed by atoms with Crippen molar-refractivity contribution < 1.29 is 9.00 Å². The highest BCUT2D eigenvalue weighted by molar-refractivity contribution is 7.86. The first-order valence-corrected chi connectivity index (χ1v) is 5.73. The number of ketones is 1. The van der Waals surface area contributed by atoms with Gasteiger partial charge in [0, 0.05) is 33.6 Å². The van der Waals surface area contributed by atoms with Gasteiger partial charge in [-0.3, -0.25) is 9.00 Å². The van der Waals surface area contributed by atoms with Crippen LogP contribution in [0.4, 0.5) is 0 Å². The Hall–Kier alpha value is -0.180. The van der Waals surface area contributed by atoms with E-state index in [1.165, 1.54) is 0 Å². The fourth-order valence-corrected chi connectivity index (χ4v) is 3.24. The molecule has 12 heavy (non-hydrogen) atoms. The summed E-state index contributed by atoms with van der Waals surface area (Å²) >= 11 is 0. The number of hydrogen-bond donors (Lipinski definition) is 0. The standard InChI is InChI=1S/C9H16O2S/c1-6(2)12(11)9-5-4-8(10)7(9)3/h6-7,9H,4-5H2,1-3H3. The summed E-state index contributed by atoms with van der Waals surface area (Å²) in [5, 5.41) is 0.306. The zero-order valence-corrected chi connectivity index (χ0v) is 8.69. The molecule has 0 spiro atoms. The summed E-state index contributed by atoms with van der Waals surface area (Å²) in [6.07, 6.45) is 1.45. The lowest BCUT2D eigenvalue weighted by molar-refractivity contribution is -0.120. The topological polar surface area (TPSA) is 34.1 Å². The molecule has 1 saturated carbocycles. The third-order valence-corrected chi connectivity index (χ3v) is 4.67. The normalized spacial score (nSPS) is 32.8. The van der Waals surface area contributed by atoms with Crippen molar-refractivity contribution in [2.45, 2.75) is 44.1 Å². The van der Waals surface area contributed by atoms with E-state index in [0.717, 1.165) is 6.42 Å². The molecule has 1 aliphatic carbocycles. The van der Waals surface area contributed by atoms with Gasteiger partial charge in [0.05, 0.1) is 0 Å². The van der Waals surface area contributed by atoms with Crippen LogP contribution in [0.25, 0.3) is 0 Å². The Morgan fingerprint density at radius 3 is 2.42 bits per heavy atom. The average Bonchev–Trinajstić information content (AvgIpc) is 2.32. The molecule has 0 heterocycles. The molecule has 3 atom stereocenters. The predicted octanol–water partition coefficient (Wildman–Crippen LogP) is 1.51. The predicted molar refractivity (Wildman–Crippen MR) is 50.5 cm³/mol. The van der Waals surface area contributed by atoms with E-state index in [1.54, 1.807) is 0 Å². The summed E-state index contributed by atoms with van der Waals surface area (Å²) in [4.78, 5) is 11.2. The molecule has 1 fully saturated rings. The number of hydrogen-bond acceptors (Lipinski definition) is 2. The fourth-order valence-electron chi connectivity index (χ4n) is 1.64.